The van der Waals surface area contributed by atoms with Gasteiger partial charge in [-0.2, -0.15) is 0 Å². The van der Waals surface area contributed by atoms with Gasteiger partial charge >= 0.3 is 5.97 Å². The van der Waals surface area contributed by atoms with E-state index in [0.717, 1.165) is 17.5 Å². The molecule has 0 radical (unpaired) electrons. The Morgan fingerprint density at radius 2 is 1.79 bits per heavy atom. The van der Waals surface area contributed by atoms with E-state index in [1.54, 1.807) is 11.3 Å². The molecule has 130 valence electrons. The maximum atomic E-state index is 12.2. The molecule has 0 unspecified atom stereocenters. The Hall–Kier alpha value is -1.39. The highest BCUT2D eigenvalue weighted by molar-refractivity contribution is 7.14. The molecular formula is C20H28O2SSi. The van der Waals surface area contributed by atoms with Gasteiger partial charge in [-0.05, 0) is 23.1 Å². The second kappa shape index (κ2) is 7.24. The van der Waals surface area contributed by atoms with E-state index in [-0.39, 0.29) is 5.97 Å². The van der Waals surface area contributed by atoms with Gasteiger partial charge in [-0.3, -0.25) is 0 Å². The SMILES string of the molecule is COC(=O)c1sc(CC[Si](C)(C)C(C)(C)C)cc1-c1ccccc1. The van der Waals surface area contributed by atoms with Gasteiger partial charge in [-0.15, -0.1) is 11.3 Å². The van der Waals surface area contributed by atoms with Gasteiger partial charge in [0.25, 0.3) is 0 Å². The van der Waals surface area contributed by atoms with Crippen molar-refractivity contribution in [2.75, 3.05) is 7.11 Å². The van der Waals surface area contributed by atoms with Crippen molar-refractivity contribution in [3.8, 4) is 11.1 Å². The molecule has 0 fully saturated rings. The fourth-order valence-corrected chi connectivity index (χ4v) is 5.37. The van der Waals surface area contributed by atoms with Crippen LogP contribution in [-0.4, -0.2) is 21.2 Å². The molecule has 0 atom stereocenters. The summed E-state index contributed by atoms with van der Waals surface area (Å²) in [5, 5.41) is 0.387. The molecule has 0 aliphatic rings. The van der Waals surface area contributed by atoms with E-state index in [1.807, 2.05) is 30.3 Å². The van der Waals surface area contributed by atoms with E-state index in [2.05, 4.69) is 39.9 Å². The van der Waals surface area contributed by atoms with Crippen molar-refractivity contribution in [2.24, 2.45) is 0 Å². The summed E-state index contributed by atoms with van der Waals surface area (Å²) in [6, 6.07) is 13.5. The number of benzene rings is 1. The summed E-state index contributed by atoms with van der Waals surface area (Å²) >= 11 is 1.59. The van der Waals surface area contributed by atoms with Crippen LogP contribution in [0.25, 0.3) is 11.1 Å². The lowest BCUT2D eigenvalue weighted by Crippen LogP contribution is -2.37. The van der Waals surface area contributed by atoms with Gasteiger partial charge in [-0.25, -0.2) is 4.79 Å². The molecule has 1 aromatic heterocycles. The summed E-state index contributed by atoms with van der Waals surface area (Å²) in [4.78, 5) is 14.2. The van der Waals surface area contributed by atoms with E-state index in [4.69, 9.17) is 4.74 Å². The van der Waals surface area contributed by atoms with Crippen LogP contribution in [0.4, 0.5) is 0 Å². The summed E-state index contributed by atoms with van der Waals surface area (Å²) in [6.07, 6.45) is 1.04. The van der Waals surface area contributed by atoms with E-state index in [1.165, 1.54) is 18.0 Å². The van der Waals surface area contributed by atoms with E-state index in [9.17, 15) is 4.79 Å². The maximum Gasteiger partial charge on any atom is 0.348 e. The molecule has 0 bridgehead atoms. The van der Waals surface area contributed by atoms with Crippen LogP contribution in [0.5, 0.6) is 0 Å². The maximum absolute atomic E-state index is 12.2. The number of thiophene rings is 1. The minimum atomic E-state index is -1.32. The zero-order valence-corrected chi connectivity index (χ0v) is 17.4. The molecule has 0 aliphatic carbocycles. The fraction of sp³-hybridized carbons (Fsp3) is 0.450. The topological polar surface area (TPSA) is 26.3 Å². The number of methoxy groups -OCH3 is 1. The van der Waals surface area contributed by atoms with Gasteiger partial charge in [-0.1, -0.05) is 70.2 Å². The first kappa shape index (κ1) is 18.9. The van der Waals surface area contributed by atoms with Gasteiger partial charge < -0.3 is 4.74 Å². The monoisotopic (exact) mass is 360 g/mol. The Labute approximate surface area is 150 Å². The average molecular weight is 361 g/mol. The molecule has 0 aliphatic heterocycles. The van der Waals surface area contributed by atoms with Gasteiger partial charge in [0.1, 0.15) is 4.88 Å². The van der Waals surface area contributed by atoms with Crippen molar-refractivity contribution < 1.29 is 9.53 Å². The molecule has 2 rings (SSSR count). The van der Waals surface area contributed by atoms with E-state index >= 15 is 0 Å². The van der Waals surface area contributed by atoms with Crippen LogP contribution in [0.3, 0.4) is 0 Å². The molecule has 0 saturated heterocycles. The zero-order chi connectivity index (χ0) is 18.0. The second-order valence-electron chi connectivity index (χ2n) is 7.95. The van der Waals surface area contributed by atoms with Gasteiger partial charge in [0.2, 0.25) is 0 Å². The average Bonchev–Trinajstić information content (AvgIpc) is 2.96. The van der Waals surface area contributed by atoms with Crippen LogP contribution in [0.15, 0.2) is 36.4 Å². The van der Waals surface area contributed by atoms with Gasteiger partial charge in [0, 0.05) is 10.4 Å². The summed E-state index contributed by atoms with van der Waals surface area (Å²) < 4.78 is 4.99. The van der Waals surface area contributed by atoms with Gasteiger partial charge in [0.15, 0.2) is 0 Å². The molecule has 0 spiro atoms. The predicted molar refractivity (Wildman–Crippen MR) is 107 cm³/mol. The first-order valence-electron chi connectivity index (χ1n) is 8.42. The third kappa shape index (κ3) is 4.17. The Balaban J connectivity index is 2.30. The zero-order valence-electron chi connectivity index (χ0n) is 15.6. The number of esters is 1. The van der Waals surface area contributed by atoms with Crippen LogP contribution in [0, 0.1) is 0 Å². The Kier molecular flexibility index (Phi) is 5.71. The van der Waals surface area contributed by atoms with Crippen LogP contribution in [0.2, 0.25) is 24.2 Å². The minimum Gasteiger partial charge on any atom is -0.465 e. The van der Waals surface area contributed by atoms with Crippen molar-refractivity contribution in [3.05, 3.63) is 46.2 Å². The minimum absolute atomic E-state index is 0.238. The molecule has 4 heteroatoms. The second-order valence-corrected chi connectivity index (χ2v) is 14.9. The highest BCUT2D eigenvalue weighted by Crippen LogP contribution is 2.40. The third-order valence-electron chi connectivity index (χ3n) is 5.27. The number of rotatable bonds is 5. The lowest BCUT2D eigenvalue weighted by molar-refractivity contribution is 0.0607. The van der Waals surface area contributed by atoms with Crippen LogP contribution >= 0.6 is 11.3 Å². The number of hydrogen-bond donors (Lipinski definition) is 0. The molecule has 0 N–H and O–H groups in total. The summed E-state index contributed by atoms with van der Waals surface area (Å²) in [6.45, 7) is 12.0. The first-order valence-corrected chi connectivity index (χ1v) is 12.4. The van der Waals surface area contributed by atoms with Gasteiger partial charge in [0.05, 0.1) is 15.2 Å². The number of carbonyl (C=O) groups excluding carboxylic acids is 1. The fourth-order valence-electron chi connectivity index (χ4n) is 2.45. The van der Waals surface area contributed by atoms with Crippen LogP contribution < -0.4 is 0 Å². The lowest BCUT2D eigenvalue weighted by atomic mass is 10.1. The standard InChI is InChI=1S/C20H28O2SSi/c1-20(2,3)24(5,6)13-12-16-14-17(15-10-8-7-9-11-15)18(23-16)19(21)22-4/h7-11,14H,12-13H2,1-6H3. The third-order valence-corrected chi connectivity index (χ3v) is 12.0. The van der Waals surface area contributed by atoms with Crippen molar-refractivity contribution in [1.29, 1.82) is 0 Å². The Morgan fingerprint density at radius 3 is 2.33 bits per heavy atom. The smallest absolute Gasteiger partial charge is 0.348 e. The molecule has 2 aromatic rings. The van der Waals surface area contributed by atoms with Crippen molar-refractivity contribution in [3.63, 3.8) is 0 Å². The molecular weight excluding hydrogens is 332 g/mol. The molecule has 0 amide bonds. The molecule has 24 heavy (non-hydrogen) atoms. The lowest BCUT2D eigenvalue weighted by Gasteiger charge is -2.37. The number of carbonyl (C=O) groups is 1. The van der Waals surface area contributed by atoms with E-state index in [0.29, 0.717) is 9.92 Å². The quantitative estimate of drug-likeness (QED) is 0.465. The number of hydrogen-bond acceptors (Lipinski definition) is 3. The first-order chi connectivity index (χ1) is 11.2. The van der Waals surface area contributed by atoms with Crippen LogP contribution in [-0.2, 0) is 11.2 Å². The van der Waals surface area contributed by atoms with Crippen molar-refractivity contribution in [2.45, 2.75) is 51.4 Å². The molecule has 1 heterocycles. The molecule has 0 saturated carbocycles. The van der Waals surface area contributed by atoms with Crippen molar-refractivity contribution in [1.82, 2.24) is 0 Å². The number of aryl methyl sites for hydroxylation is 1. The van der Waals surface area contributed by atoms with Crippen LogP contribution in [0.1, 0.15) is 35.3 Å². The molecule has 2 nitrogen and oxygen atoms in total. The number of ether oxygens (including phenoxy) is 1. The highest BCUT2D eigenvalue weighted by atomic mass is 32.1. The summed E-state index contributed by atoms with van der Waals surface area (Å²) in [5.74, 6) is -0.238. The Bertz CT molecular complexity index is 696. The Morgan fingerprint density at radius 1 is 1.17 bits per heavy atom. The van der Waals surface area contributed by atoms with E-state index < -0.39 is 8.07 Å². The largest absolute Gasteiger partial charge is 0.465 e. The normalized spacial score (nSPS) is 12.2. The van der Waals surface area contributed by atoms with Crippen molar-refractivity contribution >= 4 is 25.4 Å². The summed E-state index contributed by atoms with van der Waals surface area (Å²) in [5.41, 5.74) is 2.07. The highest BCUT2D eigenvalue weighted by Gasteiger charge is 2.34. The predicted octanol–water partition coefficient (Wildman–Crippen LogP) is 6.25. The summed E-state index contributed by atoms with van der Waals surface area (Å²) in [7, 11) is 0.130. The molecule has 1 aromatic carbocycles.